The molecule has 0 bridgehead atoms. The molecule has 0 saturated carbocycles. The Labute approximate surface area is 191 Å². The van der Waals surface area contributed by atoms with E-state index in [2.05, 4.69) is 23.2 Å². The number of hydrogen-bond donors (Lipinski definition) is 0. The highest BCUT2D eigenvalue weighted by atomic mass is 19.1. The molecule has 7 nitrogen and oxygen atoms in total. The van der Waals surface area contributed by atoms with Crippen LogP contribution in [0.1, 0.15) is 52.4 Å². The standard InChI is InChI=1S/C25H25FN6O/c1-15-19-5-2-3-7-21(19)30-24(29-15)16-11-17-13-31(14-18(17)12-16)25(33)23-20(26)6-4-8-22(23)32-27-9-10-28-32/h4,6,8-11,17-18H,2-3,5,7,12-14H2,1H3. The summed E-state index contributed by atoms with van der Waals surface area (Å²) in [5.41, 5.74) is 5.19. The third-order valence-electron chi connectivity index (χ3n) is 7.19. The van der Waals surface area contributed by atoms with E-state index in [4.69, 9.17) is 9.97 Å². The van der Waals surface area contributed by atoms with Gasteiger partial charge in [-0.05, 0) is 74.1 Å². The molecule has 2 unspecified atom stereocenters. The van der Waals surface area contributed by atoms with E-state index >= 15 is 0 Å². The molecule has 2 aliphatic carbocycles. The lowest BCUT2D eigenvalue weighted by Crippen LogP contribution is -2.31. The molecule has 3 aliphatic rings. The lowest BCUT2D eigenvalue weighted by Gasteiger charge is -2.20. The van der Waals surface area contributed by atoms with Gasteiger partial charge in [-0.2, -0.15) is 15.0 Å². The van der Waals surface area contributed by atoms with Gasteiger partial charge in [-0.25, -0.2) is 14.4 Å². The van der Waals surface area contributed by atoms with Crippen LogP contribution < -0.4 is 0 Å². The van der Waals surface area contributed by atoms with Crippen molar-refractivity contribution in [3.8, 4) is 5.69 Å². The molecule has 1 saturated heterocycles. The van der Waals surface area contributed by atoms with E-state index in [1.165, 1.54) is 52.9 Å². The molecule has 2 aromatic heterocycles. The number of amides is 1. The Bertz CT molecular complexity index is 1270. The third kappa shape index (κ3) is 3.44. The van der Waals surface area contributed by atoms with Gasteiger partial charge in [0, 0.05) is 24.5 Å². The number of benzene rings is 1. The minimum atomic E-state index is -0.555. The summed E-state index contributed by atoms with van der Waals surface area (Å²) in [6, 6.07) is 4.55. The number of aryl methyl sites for hydroxylation is 2. The van der Waals surface area contributed by atoms with Gasteiger partial charge in [0.15, 0.2) is 5.82 Å². The monoisotopic (exact) mass is 444 g/mol. The molecule has 3 aromatic rings. The summed E-state index contributed by atoms with van der Waals surface area (Å²) < 4.78 is 14.8. The molecule has 0 N–H and O–H groups in total. The summed E-state index contributed by atoms with van der Waals surface area (Å²) in [5.74, 6) is 0.525. The Kier molecular flexibility index (Phi) is 4.81. The van der Waals surface area contributed by atoms with Crippen LogP contribution in [0.4, 0.5) is 4.39 Å². The van der Waals surface area contributed by atoms with Crippen LogP contribution in [0.5, 0.6) is 0 Å². The average molecular weight is 445 g/mol. The quantitative estimate of drug-likeness (QED) is 0.617. The molecule has 3 heterocycles. The highest BCUT2D eigenvalue weighted by Gasteiger charge is 2.40. The van der Waals surface area contributed by atoms with Crippen molar-refractivity contribution in [2.24, 2.45) is 11.8 Å². The lowest BCUT2D eigenvalue weighted by molar-refractivity contribution is 0.0780. The van der Waals surface area contributed by atoms with Crippen LogP contribution in [-0.4, -0.2) is 48.9 Å². The Morgan fingerprint density at radius 1 is 1.09 bits per heavy atom. The maximum atomic E-state index is 14.8. The zero-order valence-corrected chi connectivity index (χ0v) is 18.5. The van der Waals surface area contributed by atoms with E-state index in [1.54, 1.807) is 17.0 Å². The smallest absolute Gasteiger partial charge is 0.259 e. The van der Waals surface area contributed by atoms with Crippen LogP contribution in [0.25, 0.3) is 11.3 Å². The molecule has 1 fully saturated rings. The van der Waals surface area contributed by atoms with Gasteiger partial charge in [0.25, 0.3) is 5.91 Å². The predicted octanol–water partition coefficient (Wildman–Crippen LogP) is 3.56. The molecule has 168 valence electrons. The molecule has 0 spiro atoms. The Morgan fingerprint density at radius 2 is 1.91 bits per heavy atom. The van der Waals surface area contributed by atoms with E-state index in [0.29, 0.717) is 24.7 Å². The maximum absolute atomic E-state index is 14.8. The van der Waals surface area contributed by atoms with Crippen molar-refractivity contribution < 1.29 is 9.18 Å². The summed E-state index contributed by atoms with van der Waals surface area (Å²) in [6.45, 7) is 3.25. The number of hydrogen-bond acceptors (Lipinski definition) is 5. The SMILES string of the molecule is Cc1nc(C2=CC3CN(C(=O)c4c(F)cccc4-n4nccn4)CC3C2)nc2c1CCCC2. The Balaban J connectivity index is 1.24. The molecule has 0 radical (unpaired) electrons. The van der Waals surface area contributed by atoms with Crippen molar-refractivity contribution in [3.63, 3.8) is 0 Å². The van der Waals surface area contributed by atoms with Gasteiger partial charge < -0.3 is 4.90 Å². The minimum Gasteiger partial charge on any atom is -0.338 e. The second kappa shape index (κ2) is 7.86. The van der Waals surface area contributed by atoms with Crippen LogP contribution in [0.2, 0.25) is 0 Å². The van der Waals surface area contributed by atoms with E-state index in [1.807, 2.05) is 0 Å². The molecule has 2 atom stereocenters. The van der Waals surface area contributed by atoms with Gasteiger partial charge in [-0.3, -0.25) is 4.79 Å². The van der Waals surface area contributed by atoms with Crippen LogP contribution >= 0.6 is 0 Å². The van der Waals surface area contributed by atoms with Crippen molar-refractivity contribution in [2.75, 3.05) is 13.1 Å². The molecule has 1 aliphatic heterocycles. The largest absolute Gasteiger partial charge is 0.338 e. The maximum Gasteiger partial charge on any atom is 0.259 e. The van der Waals surface area contributed by atoms with Gasteiger partial charge in [0.2, 0.25) is 0 Å². The first-order valence-electron chi connectivity index (χ1n) is 11.6. The van der Waals surface area contributed by atoms with Gasteiger partial charge >= 0.3 is 0 Å². The van der Waals surface area contributed by atoms with E-state index in [-0.39, 0.29) is 17.4 Å². The molecule has 6 rings (SSSR count). The normalized spacial score (nSPS) is 21.6. The zero-order valence-electron chi connectivity index (χ0n) is 18.5. The fourth-order valence-electron chi connectivity index (χ4n) is 5.56. The number of likely N-dealkylation sites (tertiary alicyclic amines) is 1. The number of allylic oxidation sites excluding steroid dienone is 1. The van der Waals surface area contributed by atoms with Gasteiger partial charge in [0.1, 0.15) is 17.1 Å². The van der Waals surface area contributed by atoms with Crippen molar-refractivity contribution in [2.45, 2.75) is 39.0 Å². The number of halogens is 1. The fourth-order valence-corrected chi connectivity index (χ4v) is 5.56. The molecule has 1 amide bonds. The summed E-state index contributed by atoms with van der Waals surface area (Å²) in [7, 11) is 0. The molecule has 33 heavy (non-hydrogen) atoms. The number of aromatic nitrogens is 5. The van der Waals surface area contributed by atoms with E-state index in [0.717, 1.165) is 30.8 Å². The number of rotatable bonds is 3. The highest BCUT2D eigenvalue weighted by Crippen LogP contribution is 2.41. The first-order chi connectivity index (χ1) is 16.1. The van der Waals surface area contributed by atoms with Crippen LogP contribution in [-0.2, 0) is 12.8 Å². The molecule has 1 aromatic carbocycles. The van der Waals surface area contributed by atoms with Crippen LogP contribution in [0.15, 0.2) is 36.7 Å². The molecular formula is C25H25FN6O. The summed E-state index contributed by atoms with van der Waals surface area (Å²) in [4.78, 5) is 26.1. The van der Waals surface area contributed by atoms with E-state index < -0.39 is 5.82 Å². The summed E-state index contributed by atoms with van der Waals surface area (Å²) in [6.07, 6.45) is 10.6. The van der Waals surface area contributed by atoms with Crippen molar-refractivity contribution in [1.82, 2.24) is 29.9 Å². The predicted molar refractivity (Wildman–Crippen MR) is 120 cm³/mol. The van der Waals surface area contributed by atoms with Crippen molar-refractivity contribution in [1.29, 1.82) is 0 Å². The summed E-state index contributed by atoms with van der Waals surface area (Å²) in [5, 5.41) is 8.16. The minimum absolute atomic E-state index is 0.0199. The Hall–Kier alpha value is -3.42. The first-order valence-corrected chi connectivity index (χ1v) is 11.6. The van der Waals surface area contributed by atoms with Crippen LogP contribution in [0.3, 0.4) is 0 Å². The average Bonchev–Trinajstić information content (AvgIpc) is 3.55. The fraction of sp³-hybridized carbons (Fsp3) is 0.400. The Morgan fingerprint density at radius 3 is 2.73 bits per heavy atom. The number of carbonyl (C=O) groups is 1. The second-order valence-corrected chi connectivity index (χ2v) is 9.25. The number of nitrogens with zero attached hydrogens (tertiary/aromatic N) is 6. The second-order valence-electron chi connectivity index (χ2n) is 9.25. The van der Waals surface area contributed by atoms with Gasteiger partial charge in [0.05, 0.1) is 12.4 Å². The van der Waals surface area contributed by atoms with Gasteiger partial charge in [-0.15, -0.1) is 0 Å². The van der Waals surface area contributed by atoms with Crippen molar-refractivity contribution in [3.05, 3.63) is 70.8 Å². The topological polar surface area (TPSA) is 76.8 Å². The highest BCUT2D eigenvalue weighted by molar-refractivity contribution is 5.98. The summed E-state index contributed by atoms with van der Waals surface area (Å²) >= 11 is 0. The lowest BCUT2D eigenvalue weighted by atomic mass is 9.94. The third-order valence-corrected chi connectivity index (χ3v) is 7.19. The molecular weight excluding hydrogens is 419 g/mol. The van der Waals surface area contributed by atoms with Gasteiger partial charge in [-0.1, -0.05) is 12.1 Å². The first kappa shape index (κ1) is 20.2. The van der Waals surface area contributed by atoms with Crippen molar-refractivity contribution >= 4 is 11.5 Å². The molecule has 8 heteroatoms. The van der Waals surface area contributed by atoms with E-state index in [9.17, 15) is 9.18 Å². The zero-order chi connectivity index (χ0) is 22.5. The number of fused-ring (bicyclic) bond motifs is 2. The number of carbonyl (C=O) groups excluding carboxylic acids is 1. The van der Waals surface area contributed by atoms with Crippen LogP contribution in [0, 0.1) is 24.6 Å².